The summed E-state index contributed by atoms with van der Waals surface area (Å²) in [7, 11) is 0. The lowest BCUT2D eigenvalue weighted by molar-refractivity contribution is -0.929. The number of hydrogen-bond donors (Lipinski definition) is 1. The second kappa shape index (κ2) is 20.0. The molecule has 2 aromatic rings. The average Bonchev–Trinajstić information content (AvgIpc) is 2.92. The Morgan fingerprint density at radius 1 is 0.675 bits per heavy atom. The third-order valence-electron chi connectivity index (χ3n) is 6.93. The molecule has 40 heavy (non-hydrogen) atoms. The summed E-state index contributed by atoms with van der Waals surface area (Å²) in [5.74, 6) is 0.331. The number of rotatable bonds is 14. The van der Waals surface area contributed by atoms with Crippen LogP contribution in [0.4, 0.5) is 11.4 Å². The number of non-ortho nitro benzene ring substituents is 2. The van der Waals surface area contributed by atoms with E-state index in [2.05, 4.69) is 48.5 Å². The van der Waals surface area contributed by atoms with Gasteiger partial charge < -0.3 is 9.59 Å². The van der Waals surface area contributed by atoms with Gasteiger partial charge in [0.2, 0.25) is 0 Å². The van der Waals surface area contributed by atoms with E-state index in [0.717, 1.165) is 6.07 Å². The Hall–Kier alpha value is -3.00. The van der Waals surface area contributed by atoms with Crippen molar-refractivity contribution in [3.8, 4) is 5.75 Å². The van der Waals surface area contributed by atoms with Crippen molar-refractivity contribution >= 4 is 11.4 Å². The molecular formula is C32H54N3O5+. The third kappa shape index (κ3) is 15.6. The van der Waals surface area contributed by atoms with Crippen LogP contribution in [0.1, 0.15) is 105 Å². The molecule has 0 saturated carbocycles. The minimum absolute atomic E-state index is 0.174. The maximum atomic E-state index is 10.2. The molecule has 8 nitrogen and oxygen atoms in total. The minimum atomic E-state index is -0.674. The van der Waals surface area contributed by atoms with Crippen molar-refractivity contribution in [1.82, 2.24) is 0 Å². The fourth-order valence-electron chi connectivity index (χ4n) is 4.33. The van der Waals surface area contributed by atoms with Gasteiger partial charge in [0.1, 0.15) is 5.75 Å². The SMILES string of the molecule is CC(C)(C)c1ccc(O)cc1.CCCC[N+](CCCC)(CCCC)CCCC.O=[N+]([O-])c1cccc([N+](=O)[O-])c1. The maximum Gasteiger partial charge on any atom is 0.276 e. The second-order valence-electron chi connectivity index (χ2n) is 11.5. The van der Waals surface area contributed by atoms with Crippen molar-refractivity contribution in [2.45, 2.75) is 105 Å². The van der Waals surface area contributed by atoms with Crippen molar-refractivity contribution < 1.29 is 19.4 Å². The molecule has 0 atom stereocenters. The van der Waals surface area contributed by atoms with Gasteiger partial charge in [-0.05, 0) is 54.9 Å². The van der Waals surface area contributed by atoms with Crippen LogP contribution >= 0.6 is 0 Å². The average molecular weight is 561 g/mol. The Balaban J connectivity index is 0.000000586. The number of benzene rings is 2. The quantitative estimate of drug-likeness (QED) is 0.141. The summed E-state index contributed by atoms with van der Waals surface area (Å²) < 4.78 is 1.42. The highest BCUT2D eigenvalue weighted by Gasteiger charge is 2.24. The predicted octanol–water partition coefficient (Wildman–Crippen LogP) is 9.20. The van der Waals surface area contributed by atoms with E-state index in [1.807, 2.05) is 12.1 Å². The van der Waals surface area contributed by atoms with Crippen LogP contribution in [0.2, 0.25) is 0 Å². The zero-order valence-electron chi connectivity index (χ0n) is 26.0. The number of nitrogens with zero attached hydrogens (tertiary/aromatic N) is 3. The van der Waals surface area contributed by atoms with Crippen molar-refractivity contribution in [3.05, 3.63) is 74.3 Å². The molecule has 0 amide bonds. The summed E-state index contributed by atoms with van der Waals surface area (Å²) in [6.07, 6.45) is 11.1. The Labute approximate surface area is 242 Å². The van der Waals surface area contributed by atoms with Crippen molar-refractivity contribution in [2.24, 2.45) is 0 Å². The fraction of sp³-hybridized carbons (Fsp3) is 0.625. The van der Waals surface area contributed by atoms with Gasteiger partial charge in [-0.15, -0.1) is 0 Å². The Kier molecular flexibility index (Phi) is 18.5. The lowest BCUT2D eigenvalue weighted by Gasteiger charge is -2.39. The van der Waals surface area contributed by atoms with Gasteiger partial charge in [0.05, 0.1) is 42.1 Å². The number of phenolic OH excluding ortho intramolecular Hbond substituents is 1. The molecule has 1 N–H and O–H groups in total. The molecule has 2 rings (SSSR count). The highest BCUT2D eigenvalue weighted by Crippen LogP contribution is 2.23. The number of phenols is 1. The number of nitro groups is 2. The molecule has 2 aromatic carbocycles. The second-order valence-corrected chi connectivity index (χ2v) is 11.5. The van der Waals surface area contributed by atoms with Crippen LogP contribution < -0.4 is 0 Å². The lowest BCUT2D eigenvalue weighted by Crippen LogP contribution is -2.50. The smallest absolute Gasteiger partial charge is 0.276 e. The number of unbranched alkanes of at least 4 members (excludes halogenated alkanes) is 4. The summed E-state index contributed by atoms with van der Waals surface area (Å²) in [5.41, 5.74) is 0.872. The summed E-state index contributed by atoms with van der Waals surface area (Å²) in [4.78, 5) is 19.0. The molecule has 0 aliphatic carbocycles. The van der Waals surface area contributed by atoms with E-state index >= 15 is 0 Å². The van der Waals surface area contributed by atoms with Crippen LogP contribution in [-0.4, -0.2) is 45.6 Å². The van der Waals surface area contributed by atoms with E-state index in [4.69, 9.17) is 5.11 Å². The molecule has 0 spiro atoms. The van der Waals surface area contributed by atoms with Gasteiger partial charge in [0.25, 0.3) is 11.4 Å². The van der Waals surface area contributed by atoms with E-state index in [1.54, 1.807) is 12.1 Å². The largest absolute Gasteiger partial charge is 0.508 e. The summed E-state index contributed by atoms with van der Waals surface area (Å²) >= 11 is 0. The maximum absolute atomic E-state index is 10.2. The normalized spacial score (nSPS) is 11.1. The topological polar surface area (TPSA) is 107 Å². The van der Waals surface area contributed by atoms with Gasteiger partial charge in [0, 0.05) is 12.1 Å². The summed E-state index contributed by atoms with van der Waals surface area (Å²) in [5, 5.41) is 29.3. The molecule has 0 aliphatic heterocycles. The number of quaternary nitrogens is 1. The molecule has 0 saturated heterocycles. The van der Waals surface area contributed by atoms with Crippen LogP contribution in [-0.2, 0) is 5.41 Å². The lowest BCUT2D eigenvalue weighted by atomic mass is 9.87. The van der Waals surface area contributed by atoms with Crippen molar-refractivity contribution in [1.29, 1.82) is 0 Å². The Morgan fingerprint density at radius 2 is 1.02 bits per heavy atom. The third-order valence-corrected chi connectivity index (χ3v) is 6.93. The Morgan fingerprint density at radius 3 is 1.30 bits per heavy atom. The molecule has 0 fully saturated rings. The molecule has 226 valence electrons. The number of aromatic hydroxyl groups is 1. The van der Waals surface area contributed by atoms with Crippen LogP contribution in [0.3, 0.4) is 0 Å². The van der Waals surface area contributed by atoms with Gasteiger partial charge in [-0.25, -0.2) is 0 Å². The molecule has 0 heterocycles. The van der Waals surface area contributed by atoms with Crippen molar-refractivity contribution in [3.63, 3.8) is 0 Å². The summed E-state index contributed by atoms with van der Waals surface area (Å²) in [6.45, 7) is 21.5. The molecule has 0 aromatic heterocycles. The van der Waals surface area contributed by atoms with Gasteiger partial charge in [-0.1, -0.05) is 86.3 Å². The molecular weight excluding hydrogens is 506 g/mol. The van der Waals surface area contributed by atoms with E-state index < -0.39 is 9.85 Å². The molecule has 0 radical (unpaired) electrons. The first-order valence-electron chi connectivity index (χ1n) is 14.9. The molecule has 8 heteroatoms. The fourth-order valence-corrected chi connectivity index (χ4v) is 4.33. The molecule has 0 bridgehead atoms. The number of nitro benzene ring substituents is 2. The highest BCUT2D eigenvalue weighted by atomic mass is 16.6. The first-order valence-corrected chi connectivity index (χ1v) is 14.9. The first kappa shape index (κ1) is 37.0. The van der Waals surface area contributed by atoms with E-state index in [9.17, 15) is 20.2 Å². The summed E-state index contributed by atoms with van der Waals surface area (Å²) in [6, 6.07) is 11.9. The van der Waals surface area contributed by atoms with Crippen LogP contribution in [0.25, 0.3) is 0 Å². The highest BCUT2D eigenvalue weighted by molar-refractivity contribution is 5.42. The van der Waals surface area contributed by atoms with E-state index in [-0.39, 0.29) is 16.8 Å². The van der Waals surface area contributed by atoms with Crippen molar-refractivity contribution in [2.75, 3.05) is 26.2 Å². The zero-order chi connectivity index (χ0) is 30.6. The van der Waals surface area contributed by atoms with Gasteiger partial charge in [-0.2, -0.15) is 0 Å². The first-order chi connectivity index (χ1) is 18.9. The van der Waals surface area contributed by atoms with Crippen LogP contribution in [0.5, 0.6) is 5.75 Å². The van der Waals surface area contributed by atoms with Gasteiger partial charge >= 0.3 is 0 Å². The zero-order valence-corrected chi connectivity index (χ0v) is 26.0. The van der Waals surface area contributed by atoms with E-state index in [1.165, 1.54) is 106 Å². The Bertz CT molecular complexity index is 905. The van der Waals surface area contributed by atoms with Gasteiger partial charge in [0.15, 0.2) is 0 Å². The minimum Gasteiger partial charge on any atom is -0.508 e. The monoisotopic (exact) mass is 560 g/mol. The van der Waals surface area contributed by atoms with Crippen LogP contribution in [0.15, 0.2) is 48.5 Å². The van der Waals surface area contributed by atoms with Crippen LogP contribution in [0, 0.1) is 20.2 Å². The molecule has 0 aliphatic rings. The van der Waals surface area contributed by atoms with E-state index in [0.29, 0.717) is 5.75 Å². The standard InChI is InChI=1S/C16H36N.C10H14O.C6H4N2O4/c1-5-9-13-17(14-10-6-2,15-11-7-3)16-12-8-4;1-10(2,3)8-4-6-9(11)7-5-8;9-7(10)5-2-1-3-6(4-5)8(11)12/h5-16H2,1-4H3;4-7,11H,1-3H3;1-4H/q+1;;. The number of hydrogen-bond acceptors (Lipinski definition) is 5. The predicted molar refractivity (Wildman–Crippen MR) is 166 cm³/mol. The van der Waals surface area contributed by atoms with Gasteiger partial charge in [-0.3, -0.25) is 20.2 Å². The molecule has 0 unspecified atom stereocenters.